The average molecular weight is 424 g/mol. The SMILES string of the molecule is CC(c1ccc(F)c(F)c1)N(C)C(=O)c1cc(-c2ccco2)nc2c1cnn2C(C)C. The number of nitrogens with zero attached hydrogens (tertiary/aromatic N) is 4. The standard InChI is InChI=1S/C23H22F2N4O2/c1-13(2)29-22-17(12-26-29)16(11-20(27-22)21-6-5-9-31-21)23(30)28(4)14(3)15-7-8-18(24)19(25)10-15/h5-14H,1-4H3. The van der Waals surface area contributed by atoms with E-state index in [9.17, 15) is 13.6 Å². The summed E-state index contributed by atoms with van der Waals surface area (Å²) in [5, 5.41) is 5.02. The fourth-order valence-corrected chi connectivity index (χ4v) is 3.49. The van der Waals surface area contributed by atoms with E-state index in [1.165, 1.54) is 11.0 Å². The monoisotopic (exact) mass is 424 g/mol. The van der Waals surface area contributed by atoms with Crippen LogP contribution in [0.1, 0.15) is 48.8 Å². The number of halogens is 2. The van der Waals surface area contributed by atoms with Gasteiger partial charge in [0.05, 0.1) is 29.5 Å². The van der Waals surface area contributed by atoms with Gasteiger partial charge in [-0.15, -0.1) is 0 Å². The van der Waals surface area contributed by atoms with Crippen molar-refractivity contribution in [2.24, 2.45) is 0 Å². The van der Waals surface area contributed by atoms with Gasteiger partial charge in [-0.05, 0) is 56.7 Å². The largest absolute Gasteiger partial charge is 0.463 e. The van der Waals surface area contributed by atoms with Crippen LogP contribution in [-0.2, 0) is 0 Å². The fraction of sp³-hybridized carbons (Fsp3) is 0.261. The lowest BCUT2D eigenvalue weighted by molar-refractivity contribution is 0.0744. The van der Waals surface area contributed by atoms with Crippen molar-refractivity contribution in [3.05, 3.63) is 71.6 Å². The van der Waals surface area contributed by atoms with Gasteiger partial charge in [-0.2, -0.15) is 5.10 Å². The van der Waals surface area contributed by atoms with Gasteiger partial charge >= 0.3 is 0 Å². The molecule has 0 saturated heterocycles. The maximum Gasteiger partial charge on any atom is 0.254 e. The Kier molecular flexibility index (Phi) is 5.31. The van der Waals surface area contributed by atoms with Crippen molar-refractivity contribution in [2.45, 2.75) is 32.9 Å². The van der Waals surface area contributed by atoms with E-state index < -0.39 is 17.7 Å². The molecule has 3 heterocycles. The third-order valence-electron chi connectivity index (χ3n) is 5.39. The van der Waals surface area contributed by atoms with E-state index in [1.807, 2.05) is 13.8 Å². The molecular formula is C23H22F2N4O2. The lowest BCUT2D eigenvalue weighted by Crippen LogP contribution is -2.30. The van der Waals surface area contributed by atoms with Gasteiger partial charge in [0.1, 0.15) is 5.69 Å². The number of aromatic nitrogens is 3. The summed E-state index contributed by atoms with van der Waals surface area (Å²) in [5.74, 6) is -1.63. The van der Waals surface area contributed by atoms with Gasteiger partial charge in [-0.25, -0.2) is 18.4 Å². The molecule has 8 heteroatoms. The van der Waals surface area contributed by atoms with E-state index in [0.29, 0.717) is 33.6 Å². The molecule has 0 aliphatic rings. The number of carbonyl (C=O) groups excluding carboxylic acids is 1. The van der Waals surface area contributed by atoms with Gasteiger partial charge in [-0.3, -0.25) is 4.79 Å². The Morgan fingerprint density at radius 1 is 1.13 bits per heavy atom. The minimum Gasteiger partial charge on any atom is -0.463 e. The summed E-state index contributed by atoms with van der Waals surface area (Å²) in [6, 6.07) is 8.38. The maximum absolute atomic E-state index is 13.7. The summed E-state index contributed by atoms with van der Waals surface area (Å²) in [7, 11) is 1.62. The number of hydrogen-bond acceptors (Lipinski definition) is 4. The molecule has 0 fully saturated rings. The van der Waals surface area contributed by atoms with Crippen LogP contribution < -0.4 is 0 Å². The molecule has 0 bridgehead atoms. The topological polar surface area (TPSA) is 64.2 Å². The number of hydrogen-bond donors (Lipinski definition) is 0. The van der Waals surface area contributed by atoms with Crippen LogP contribution in [0.2, 0.25) is 0 Å². The average Bonchev–Trinajstić information content (AvgIpc) is 3.43. The van der Waals surface area contributed by atoms with Crippen molar-refractivity contribution in [3.63, 3.8) is 0 Å². The first-order valence-electron chi connectivity index (χ1n) is 9.92. The molecule has 1 atom stereocenters. The van der Waals surface area contributed by atoms with Gasteiger partial charge in [-0.1, -0.05) is 6.07 Å². The fourth-order valence-electron chi connectivity index (χ4n) is 3.49. The van der Waals surface area contributed by atoms with Crippen LogP contribution in [0.15, 0.2) is 53.3 Å². The van der Waals surface area contributed by atoms with Crippen molar-refractivity contribution < 1.29 is 18.0 Å². The molecule has 0 saturated carbocycles. The van der Waals surface area contributed by atoms with Crippen molar-refractivity contribution in [1.29, 1.82) is 0 Å². The van der Waals surface area contributed by atoms with Crippen LogP contribution >= 0.6 is 0 Å². The first-order valence-corrected chi connectivity index (χ1v) is 9.92. The summed E-state index contributed by atoms with van der Waals surface area (Å²) in [6.07, 6.45) is 3.16. The zero-order chi connectivity index (χ0) is 22.3. The zero-order valence-electron chi connectivity index (χ0n) is 17.6. The number of pyridine rings is 1. The molecule has 160 valence electrons. The molecule has 1 aromatic carbocycles. The second kappa shape index (κ2) is 7.94. The van der Waals surface area contributed by atoms with Crippen molar-refractivity contribution in [2.75, 3.05) is 7.05 Å². The van der Waals surface area contributed by atoms with Gasteiger partial charge in [0, 0.05) is 13.1 Å². The molecule has 1 unspecified atom stereocenters. The van der Waals surface area contributed by atoms with Crippen molar-refractivity contribution >= 4 is 16.9 Å². The highest BCUT2D eigenvalue weighted by atomic mass is 19.2. The number of furan rings is 1. The van der Waals surface area contributed by atoms with E-state index in [0.717, 1.165) is 12.1 Å². The zero-order valence-corrected chi connectivity index (χ0v) is 17.6. The molecule has 0 aliphatic carbocycles. The molecule has 6 nitrogen and oxygen atoms in total. The molecule has 4 rings (SSSR count). The van der Waals surface area contributed by atoms with Crippen LogP contribution in [0.4, 0.5) is 8.78 Å². The summed E-state index contributed by atoms with van der Waals surface area (Å²) >= 11 is 0. The molecule has 1 amide bonds. The molecule has 3 aromatic heterocycles. The van der Waals surface area contributed by atoms with Gasteiger partial charge in [0.15, 0.2) is 23.0 Å². The Morgan fingerprint density at radius 2 is 1.90 bits per heavy atom. The van der Waals surface area contributed by atoms with Crippen molar-refractivity contribution in [1.82, 2.24) is 19.7 Å². The Hall–Kier alpha value is -3.55. The summed E-state index contributed by atoms with van der Waals surface area (Å²) in [6.45, 7) is 5.72. The summed E-state index contributed by atoms with van der Waals surface area (Å²) < 4.78 is 34.3. The third-order valence-corrected chi connectivity index (χ3v) is 5.39. The number of amides is 1. The highest BCUT2D eigenvalue weighted by molar-refractivity contribution is 6.06. The van der Waals surface area contributed by atoms with Crippen LogP contribution in [-0.4, -0.2) is 32.6 Å². The maximum atomic E-state index is 13.7. The van der Waals surface area contributed by atoms with E-state index in [1.54, 1.807) is 49.3 Å². The molecule has 31 heavy (non-hydrogen) atoms. The minimum absolute atomic E-state index is 0.0404. The smallest absolute Gasteiger partial charge is 0.254 e. The molecule has 0 radical (unpaired) electrons. The van der Waals surface area contributed by atoms with E-state index in [-0.39, 0.29) is 11.9 Å². The highest BCUT2D eigenvalue weighted by Crippen LogP contribution is 2.29. The molecule has 0 aliphatic heterocycles. The van der Waals surface area contributed by atoms with E-state index in [4.69, 9.17) is 4.42 Å². The second-order valence-electron chi connectivity index (χ2n) is 7.72. The Balaban J connectivity index is 1.80. The van der Waals surface area contributed by atoms with Crippen LogP contribution in [0.5, 0.6) is 0 Å². The van der Waals surface area contributed by atoms with Crippen LogP contribution in [0.3, 0.4) is 0 Å². The van der Waals surface area contributed by atoms with E-state index >= 15 is 0 Å². The quantitative estimate of drug-likeness (QED) is 0.431. The number of rotatable bonds is 5. The summed E-state index contributed by atoms with van der Waals surface area (Å²) in [4.78, 5) is 19.6. The van der Waals surface area contributed by atoms with Gasteiger partial charge < -0.3 is 9.32 Å². The first kappa shape index (κ1) is 20.7. The molecule has 0 N–H and O–H groups in total. The Bertz CT molecular complexity index is 1250. The first-order chi connectivity index (χ1) is 14.8. The lowest BCUT2D eigenvalue weighted by Gasteiger charge is -2.26. The predicted molar refractivity (Wildman–Crippen MR) is 112 cm³/mol. The normalized spacial score (nSPS) is 12.5. The molecular weight excluding hydrogens is 402 g/mol. The Labute approximate surface area is 178 Å². The molecule has 4 aromatic rings. The Morgan fingerprint density at radius 3 is 2.55 bits per heavy atom. The molecule has 0 spiro atoms. The van der Waals surface area contributed by atoms with Crippen LogP contribution in [0.25, 0.3) is 22.5 Å². The predicted octanol–water partition coefficient (Wildman–Crippen LogP) is 5.38. The van der Waals surface area contributed by atoms with Gasteiger partial charge in [0.2, 0.25) is 0 Å². The number of fused-ring (bicyclic) bond motifs is 1. The lowest BCUT2D eigenvalue weighted by atomic mass is 10.0. The second-order valence-corrected chi connectivity index (χ2v) is 7.72. The summed E-state index contributed by atoms with van der Waals surface area (Å²) in [5.41, 5.74) is 1.97. The van der Waals surface area contributed by atoms with Crippen LogP contribution in [0, 0.1) is 11.6 Å². The minimum atomic E-state index is -0.949. The number of benzene rings is 1. The van der Waals surface area contributed by atoms with Crippen molar-refractivity contribution in [3.8, 4) is 11.5 Å². The van der Waals surface area contributed by atoms with Gasteiger partial charge in [0.25, 0.3) is 5.91 Å². The highest BCUT2D eigenvalue weighted by Gasteiger charge is 2.25. The van der Waals surface area contributed by atoms with E-state index in [2.05, 4.69) is 10.1 Å². The third kappa shape index (κ3) is 3.69. The number of carbonyl (C=O) groups is 1.